The molecule has 1 aliphatic rings. The van der Waals surface area contributed by atoms with Gasteiger partial charge in [-0.25, -0.2) is 4.39 Å². The molecule has 92 valence electrons. The van der Waals surface area contributed by atoms with Crippen molar-refractivity contribution in [1.29, 1.82) is 0 Å². The van der Waals surface area contributed by atoms with E-state index in [0.717, 1.165) is 18.5 Å². The molecule has 0 heterocycles. The van der Waals surface area contributed by atoms with Gasteiger partial charge in [-0.15, -0.1) is 0 Å². The minimum atomic E-state index is -0.309. The highest BCUT2D eigenvalue weighted by atomic mass is 19.1. The largest absolute Gasteiger partial charge is 0.491 e. The van der Waals surface area contributed by atoms with Gasteiger partial charge >= 0.3 is 0 Å². The second-order valence-corrected chi connectivity index (χ2v) is 4.19. The molecule has 3 heteroatoms. The van der Waals surface area contributed by atoms with Gasteiger partial charge in [0.25, 0.3) is 0 Å². The topological polar surface area (TPSA) is 21.3 Å². The summed E-state index contributed by atoms with van der Waals surface area (Å²) in [5.41, 5.74) is 0.808. The molecule has 1 aliphatic carbocycles. The summed E-state index contributed by atoms with van der Waals surface area (Å²) in [7, 11) is 0. The molecule has 0 aliphatic heterocycles. The maximum atomic E-state index is 13.6. The molecule has 17 heavy (non-hydrogen) atoms. The van der Waals surface area contributed by atoms with Crippen molar-refractivity contribution in [2.24, 2.45) is 0 Å². The third kappa shape index (κ3) is 3.22. The average Bonchev–Trinajstić information content (AvgIpc) is 2.34. The highest BCUT2D eigenvalue weighted by Crippen LogP contribution is 2.23. The number of benzene rings is 1. The van der Waals surface area contributed by atoms with Crippen molar-refractivity contribution in [3.8, 4) is 5.75 Å². The fourth-order valence-corrected chi connectivity index (χ4v) is 2.01. The molecule has 0 saturated carbocycles. The van der Waals surface area contributed by atoms with Crippen LogP contribution >= 0.6 is 0 Å². The van der Waals surface area contributed by atoms with Gasteiger partial charge in [0.2, 0.25) is 0 Å². The highest BCUT2D eigenvalue weighted by molar-refractivity contribution is 5.48. The van der Waals surface area contributed by atoms with Crippen LogP contribution < -0.4 is 10.1 Å². The van der Waals surface area contributed by atoms with E-state index in [1.165, 1.54) is 12.5 Å². The summed E-state index contributed by atoms with van der Waals surface area (Å²) in [6.45, 7) is 2.33. The van der Waals surface area contributed by atoms with Crippen molar-refractivity contribution in [1.82, 2.24) is 0 Å². The number of hydrogen-bond acceptors (Lipinski definition) is 2. The molecule has 2 rings (SSSR count). The van der Waals surface area contributed by atoms with E-state index in [2.05, 4.69) is 17.5 Å². The molecule has 0 saturated heterocycles. The quantitative estimate of drug-likeness (QED) is 0.802. The molecule has 0 bridgehead atoms. The predicted molar refractivity (Wildman–Crippen MR) is 68.0 cm³/mol. The number of halogens is 1. The molecule has 1 atom stereocenters. The van der Waals surface area contributed by atoms with Crippen molar-refractivity contribution < 1.29 is 9.13 Å². The molecule has 0 aromatic heterocycles. The number of nitrogens with one attached hydrogen (secondary N) is 1. The maximum Gasteiger partial charge on any atom is 0.167 e. The molecule has 0 fully saturated rings. The van der Waals surface area contributed by atoms with Crippen LogP contribution in [-0.2, 0) is 0 Å². The van der Waals surface area contributed by atoms with Crippen molar-refractivity contribution in [2.45, 2.75) is 32.2 Å². The Morgan fingerprint density at radius 3 is 3.00 bits per heavy atom. The van der Waals surface area contributed by atoms with Gasteiger partial charge < -0.3 is 10.1 Å². The Labute approximate surface area is 101 Å². The summed E-state index contributed by atoms with van der Waals surface area (Å²) in [6, 6.07) is 5.35. The molecular formula is C14H18FNO. The van der Waals surface area contributed by atoms with Gasteiger partial charge in [0.05, 0.1) is 6.61 Å². The van der Waals surface area contributed by atoms with E-state index in [1.807, 2.05) is 13.0 Å². The Kier molecular flexibility index (Phi) is 4.02. The number of anilines is 1. The fourth-order valence-electron chi connectivity index (χ4n) is 2.01. The Morgan fingerprint density at radius 2 is 2.35 bits per heavy atom. The minimum absolute atomic E-state index is 0.309. The first-order valence-electron chi connectivity index (χ1n) is 6.15. The van der Waals surface area contributed by atoms with Gasteiger partial charge in [-0.1, -0.05) is 12.2 Å². The summed E-state index contributed by atoms with van der Waals surface area (Å²) in [4.78, 5) is 0. The zero-order chi connectivity index (χ0) is 12.1. The van der Waals surface area contributed by atoms with Crippen LogP contribution in [0.3, 0.4) is 0 Å². The van der Waals surface area contributed by atoms with Crippen LogP contribution in [0.25, 0.3) is 0 Å². The lowest BCUT2D eigenvalue weighted by atomic mass is 10.0. The van der Waals surface area contributed by atoms with Crippen LogP contribution in [0.2, 0.25) is 0 Å². The third-order valence-electron chi connectivity index (χ3n) is 2.84. The molecule has 1 aromatic carbocycles. The van der Waals surface area contributed by atoms with Crippen LogP contribution in [0, 0.1) is 5.82 Å². The summed E-state index contributed by atoms with van der Waals surface area (Å²) in [5, 5.41) is 3.31. The Bertz CT molecular complexity index is 403. The molecular weight excluding hydrogens is 217 g/mol. The van der Waals surface area contributed by atoms with E-state index in [1.54, 1.807) is 6.07 Å². The van der Waals surface area contributed by atoms with E-state index in [-0.39, 0.29) is 5.82 Å². The molecule has 1 unspecified atom stereocenters. The van der Waals surface area contributed by atoms with E-state index in [0.29, 0.717) is 18.4 Å². The normalized spacial score (nSPS) is 19.1. The zero-order valence-corrected chi connectivity index (χ0v) is 10.1. The van der Waals surface area contributed by atoms with Crippen LogP contribution in [-0.4, -0.2) is 12.6 Å². The monoisotopic (exact) mass is 235 g/mol. The summed E-state index contributed by atoms with van der Waals surface area (Å²) >= 11 is 0. The number of ether oxygens (including phenoxy) is 1. The van der Waals surface area contributed by atoms with E-state index in [9.17, 15) is 4.39 Å². The molecule has 1 aromatic rings. The van der Waals surface area contributed by atoms with Crippen LogP contribution in [0.1, 0.15) is 26.2 Å². The second kappa shape index (κ2) is 5.71. The van der Waals surface area contributed by atoms with Gasteiger partial charge in [0, 0.05) is 17.8 Å². The SMILES string of the molecule is CCOc1ccc(NC2C=CCCC2)cc1F. The van der Waals surface area contributed by atoms with Crippen LogP contribution in [0.15, 0.2) is 30.4 Å². The summed E-state index contributed by atoms with van der Waals surface area (Å²) in [6.07, 6.45) is 7.76. The highest BCUT2D eigenvalue weighted by Gasteiger charge is 2.09. The van der Waals surface area contributed by atoms with Crippen molar-refractivity contribution in [3.05, 3.63) is 36.2 Å². The summed E-state index contributed by atoms with van der Waals surface area (Å²) in [5.74, 6) is 0.00822. The lowest BCUT2D eigenvalue weighted by Gasteiger charge is -2.19. The summed E-state index contributed by atoms with van der Waals surface area (Å²) < 4.78 is 18.8. The fraction of sp³-hybridized carbons (Fsp3) is 0.429. The van der Waals surface area contributed by atoms with Gasteiger partial charge in [0.1, 0.15) is 0 Å². The number of allylic oxidation sites excluding steroid dienone is 1. The van der Waals surface area contributed by atoms with Crippen LogP contribution in [0.5, 0.6) is 5.75 Å². The van der Waals surface area contributed by atoms with Gasteiger partial charge in [-0.05, 0) is 38.3 Å². The Hall–Kier alpha value is -1.51. The lowest BCUT2D eigenvalue weighted by molar-refractivity contribution is 0.321. The van der Waals surface area contributed by atoms with Crippen LogP contribution in [0.4, 0.5) is 10.1 Å². The second-order valence-electron chi connectivity index (χ2n) is 4.19. The van der Waals surface area contributed by atoms with E-state index in [4.69, 9.17) is 4.74 Å². The molecule has 2 nitrogen and oxygen atoms in total. The van der Waals surface area contributed by atoms with Crippen molar-refractivity contribution in [3.63, 3.8) is 0 Å². The Balaban J connectivity index is 2.03. The molecule has 1 N–H and O–H groups in total. The van der Waals surface area contributed by atoms with Gasteiger partial charge in [-0.3, -0.25) is 0 Å². The predicted octanol–water partition coefficient (Wildman–Crippen LogP) is 3.75. The van der Waals surface area contributed by atoms with Gasteiger partial charge in [-0.2, -0.15) is 0 Å². The molecule has 0 amide bonds. The van der Waals surface area contributed by atoms with Gasteiger partial charge in [0.15, 0.2) is 11.6 Å². The first kappa shape index (κ1) is 12.0. The molecule has 0 spiro atoms. The Morgan fingerprint density at radius 1 is 1.47 bits per heavy atom. The average molecular weight is 235 g/mol. The smallest absolute Gasteiger partial charge is 0.167 e. The van der Waals surface area contributed by atoms with Crippen molar-refractivity contribution >= 4 is 5.69 Å². The first-order valence-corrected chi connectivity index (χ1v) is 6.15. The first-order chi connectivity index (χ1) is 8.29. The number of hydrogen-bond donors (Lipinski definition) is 1. The van der Waals surface area contributed by atoms with E-state index >= 15 is 0 Å². The minimum Gasteiger partial charge on any atom is -0.491 e. The maximum absolute atomic E-state index is 13.6. The third-order valence-corrected chi connectivity index (χ3v) is 2.84. The molecule has 0 radical (unpaired) electrons. The zero-order valence-electron chi connectivity index (χ0n) is 10.1. The lowest BCUT2D eigenvalue weighted by Crippen LogP contribution is -2.18. The van der Waals surface area contributed by atoms with E-state index < -0.39 is 0 Å². The number of rotatable bonds is 4. The van der Waals surface area contributed by atoms with Crippen molar-refractivity contribution in [2.75, 3.05) is 11.9 Å². The standard InChI is InChI=1S/C14H18FNO/c1-2-17-14-9-8-12(10-13(14)15)16-11-6-4-3-5-7-11/h4,6,8-11,16H,2-3,5,7H2,1H3.